The summed E-state index contributed by atoms with van der Waals surface area (Å²) >= 11 is 1.68. The molecule has 0 aliphatic rings. The van der Waals surface area contributed by atoms with Crippen LogP contribution in [0.25, 0.3) is 0 Å². The molecular formula is C26H26N2O4S2. The number of aryl methyl sites for hydroxylation is 1. The number of anilines is 1. The summed E-state index contributed by atoms with van der Waals surface area (Å²) in [5, 5.41) is 2.03. The molecule has 0 saturated heterocycles. The van der Waals surface area contributed by atoms with Crippen LogP contribution in [0.2, 0.25) is 0 Å². The Morgan fingerprint density at radius 3 is 2.50 bits per heavy atom. The molecule has 0 aliphatic heterocycles. The topological polar surface area (TPSA) is 77.4 Å². The second kappa shape index (κ2) is 10.3. The van der Waals surface area contributed by atoms with E-state index in [0.717, 1.165) is 23.1 Å². The van der Waals surface area contributed by atoms with Crippen LogP contribution in [0.1, 0.15) is 21.6 Å². The molecule has 2 heterocycles. The number of hydrogen-bond acceptors (Lipinski definition) is 5. The summed E-state index contributed by atoms with van der Waals surface area (Å²) in [5.41, 5.74) is 2.90. The fourth-order valence-electron chi connectivity index (χ4n) is 3.50. The highest BCUT2D eigenvalue weighted by molar-refractivity contribution is 7.92. The lowest BCUT2D eigenvalue weighted by molar-refractivity contribution is 0.321. The van der Waals surface area contributed by atoms with Gasteiger partial charge in [-0.15, -0.1) is 11.3 Å². The molecule has 0 atom stereocenters. The number of nitrogens with zero attached hydrogens (tertiary/aromatic N) is 1. The third-order valence-corrected chi connectivity index (χ3v) is 7.84. The smallest absolute Gasteiger partial charge is 0.261 e. The van der Waals surface area contributed by atoms with Crippen molar-refractivity contribution in [3.63, 3.8) is 0 Å². The summed E-state index contributed by atoms with van der Waals surface area (Å²) in [4.78, 5) is 14.1. The molecule has 0 bridgehead atoms. The highest BCUT2D eigenvalue weighted by atomic mass is 32.2. The molecule has 8 heteroatoms. The monoisotopic (exact) mass is 494 g/mol. The van der Waals surface area contributed by atoms with E-state index < -0.39 is 10.0 Å². The highest BCUT2D eigenvalue weighted by Gasteiger charge is 2.16. The van der Waals surface area contributed by atoms with Gasteiger partial charge in [-0.05, 0) is 60.7 Å². The van der Waals surface area contributed by atoms with Crippen LogP contribution < -0.4 is 15.0 Å². The molecule has 2 aromatic carbocycles. The van der Waals surface area contributed by atoms with E-state index in [-0.39, 0.29) is 10.5 Å². The maximum Gasteiger partial charge on any atom is 0.261 e. The van der Waals surface area contributed by atoms with Gasteiger partial charge in [-0.2, -0.15) is 0 Å². The molecule has 1 N–H and O–H groups in total. The zero-order chi connectivity index (χ0) is 24.1. The van der Waals surface area contributed by atoms with Gasteiger partial charge in [0.15, 0.2) is 0 Å². The van der Waals surface area contributed by atoms with E-state index in [2.05, 4.69) is 10.8 Å². The maximum absolute atomic E-state index is 12.8. The summed E-state index contributed by atoms with van der Waals surface area (Å²) < 4.78 is 35.6. The lowest BCUT2D eigenvalue weighted by atomic mass is 10.1. The number of pyridine rings is 1. The fraction of sp³-hybridized carbons (Fsp3) is 0.192. The third kappa shape index (κ3) is 5.76. The normalized spacial score (nSPS) is 11.4. The molecule has 4 rings (SSSR count). The van der Waals surface area contributed by atoms with E-state index in [4.69, 9.17) is 4.74 Å². The molecule has 0 amide bonds. The van der Waals surface area contributed by atoms with E-state index in [1.807, 2.05) is 31.4 Å². The molecule has 0 aliphatic carbocycles. The van der Waals surface area contributed by atoms with Crippen LogP contribution in [-0.2, 0) is 23.0 Å². The average molecular weight is 495 g/mol. The predicted molar refractivity (Wildman–Crippen MR) is 136 cm³/mol. The standard InChI is InChI=1S/C26H26N2O4S2/c1-19-8-10-24(11-9-19)34(30,31)27-25-7-3-5-21(20(25)2)18-28-14-12-22(17-26(28)29)32-15-13-23-6-4-16-33-23/h3-12,14,16-17,27H,13,15,18H2,1-2H3. The van der Waals surface area contributed by atoms with Gasteiger partial charge in [-0.3, -0.25) is 9.52 Å². The van der Waals surface area contributed by atoms with Gasteiger partial charge in [0.25, 0.3) is 15.6 Å². The minimum Gasteiger partial charge on any atom is -0.493 e. The minimum absolute atomic E-state index is 0.182. The molecule has 0 saturated carbocycles. The van der Waals surface area contributed by atoms with Crippen molar-refractivity contribution in [1.29, 1.82) is 0 Å². The van der Waals surface area contributed by atoms with E-state index in [1.165, 1.54) is 10.9 Å². The first kappa shape index (κ1) is 23.8. The molecular weight excluding hydrogens is 468 g/mol. The van der Waals surface area contributed by atoms with Crippen molar-refractivity contribution in [3.05, 3.63) is 110 Å². The van der Waals surface area contributed by atoms with Crippen LogP contribution in [0.15, 0.2) is 88.0 Å². The van der Waals surface area contributed by atoms with E-state index >= 15 is 0 Å². The number of hydrogen-bond donors (Lipinski definition) is 1. The van der Waals surface area contributed by atoms with Crippen LogP contribution >= 0.6 is 11.3 Å². The SMILES string of the molecule is Cc1ccc(S(=O)(=O)Nc2cccc(Cn3ccc(OCCc4cccs4)cc3=O)c2C)cc1. The van der Waals surface area contributed by atoms with Crippen molar-refractivity contribution in [2.24, 2.45) is 0 Å². The van der Waals surface area contributed by atoms with E-state index in [0.29, 0.717) is 24.6 Å². The van der Waals surface area contributed by atoms with Crippen LogP contribution in [-0.4, -0.2) is 19.6 Å². The average Bonchev–Trinajstić information content (AvgIpc) is 3.32. The highest BCUT2D eigenvalue weighted by Crippen LogP contribution is 2.23. The Morgan fingerprint density at radius 2 is 1.79 bits per heavy atom. The second-order valence-electron chi connectivity index (χ2n) is 8.01. The van der Waals surface area contributed by atoms with Crippen molar-refractivity contribution in [2.45, 2.75) is 31.7 Å². The van der Waals surface area contributed by atoms with Crippen LogP contribution in [0.3, 0.4) is 0 Å². The molecule has 4 aromatic rings. The fourth-order valence-corrected chi connectivity index (χ4v) is 5.32. The van der Waals surface area contributed by atoms with Gasteiger partial charge in [-0.1, -0.05) is 35.9 Å². The summed E-state index contributed by atoms with van der Waals surface area (Å²) in [6.45, 7) is 4.57. The van der Waals surface area contributed by atoms with Crippen molar-refractivity contribution in [3.8, 4) is 5.75 Å². The Morgan fingerprint density at radius 1 is 1.00 bits per heavy atom. The summed E-state index contributed by atoms with van der Waals surface area (Å²) in [7, 11) is -3.72. The lowest BCUT2D eigenvalue weighted by Gasteiger charge is -2.15. The first-order chi connectivity index (χ1) is 16.3. The molecule has 6 nitrogen and oxygen atoms in total. The summed E-state index contributed by atoms with van der Waals surface area (Å²) in [5.74, 6) is 0.536. The van der Waals surface area contributed by atoms with Crippen LogP contribution in [0.5, 0.6) is 5.75 Å². The minimum atomic E-state index is -3.72. The molecule has 0 spiro atoms. The van der Waals surface area contributed by atoms with Gasteiger partial charge in [0.1, 0.15) is 5.75 Å². The number of ether oxygens (including phenoxy) is 1. The van der Waals surface area contributed by atoms with Gasteiger partial charge in [0, 0.05) is 23.6 Å². The summed E-state index contributed by atoms with van der Waals surface area (Å²) in [6, 6.07) is 19.4. The largest absolute Gasteiger partial charge is 0.493 e. The van der Waals surface area contributed by atoms with Gasteiger partial charge in [0.05, 0.1) is 23.7 Å². The van der Waals surface area contributed by atoms with Crippen molar-refractivity contribution in [1.82, 2.24) is 4.57 Å². The van der Waals surface area contributed by atoms with Gasteiger partial charge in [-0.25, -0.2) is 8.42 Å². The summed E-state index contributed by atoms with van der Waals surface area (Å²) in [6.07, 6.45) is 2.50. The van der Waals surface area contributed by atoms with Crippen molar-refractivity contribution < 1.29 is 13.2 Å². The molecule has 176 valence electrons. The quantitative estimate of drug-likeness (QED) is 0.355. The number of sulfonamides is 1. The zero-order valence-electron chi connectivity index (χ0n) is 19.0. The molecule has 34 heavy (non-hydrogen) atoms. The van der Waals surface area contributed by atoms with Crippen molar-refractivity contribution >= 4 is 27.0 Å². The van der Waals surface area contributed by atoms with Gasteiger partial charge < -0.3 is 9.30 Å². The third-order valence-electron chi connectivity index (χ3n) is 5.53. The van der Waals surface area contributed by atoms with Gasteiger partial charge >= 0.3 is 0 Å². The maximum atomic E-state index is 12.8. The number of nitrogens with one attached hydrogen (secondary N) is 1. The number of aromatic nitrogens is 1. The van der Waals surface area contributed by atoms with Crippen LogP contribution in [0.4, 0.5) is 5.69 Å². The molecule has 0 unspecified atom stereocenters. The number of thiophene rings is 1. The Kier molecular flexibility index (Phi) is 7.19. The molecule has 0 fully saturated rings. The Bertz CT molecular complexity index is 1420. The van der Waals surface area contributed by atoms with Crippen molar-refractivity contribution in [2.75, 3.05) is 11.3 Å². The predicted octanol–water partition coefficient (Wildman–Crippen LogP) is 5.00. The van der Waals surface area contributed by atoms with Gasteiger partial charge in [0.2, 0.25) is 0 Å². The molecule has 0 radical (unpaired) electrons. The zero-order valence-corrected chi connectivity index (χ0v) is 20.7. The van der Waals surface area contributed by atoms with Crippen LogP contribution in [0, 0.1) is 13.8 Å². The Labute approximate surface area is 203 Å². The molecule has 2 aromatic heterocycles. The van der Waals surface area contributed by atoms with E-state index in [9.17, 15) is 13.2 Å². The Balaban J connectivity index is 1.46. The van der Waals surface area contributed by atoms with E-state index in [1.54, 1.807) is 64.6 Å². The number of benzene rings is 2. The first-order valence-corrected chi connectivity index (χ1v) is 13.2. The lowest BCUT2D eigenvalue weighted by Crippen LogP contribution is -2.20. The first-order valence-electron chi connectivity index (χ1n) is 10.9. The second-order valence-corrected chi connectivity index (χ2v) is 10.7. The number of rotatable bonds is 9. The Hall–Kier alpha value is -3.36.